The van der Waals surface area contributed by atoms with Crippen LogP contribution in [0, 0.1) is 0 Å². The van der Waals surface area contributed by atoms with Gasteiger partial charge in [-0.15, -0.1) is 0 Å². The molecule has 12 nitrogen and oxygen atoms in total. The predicted octanol–water partition coefficient (Wildman–Crippen LogP) is 8.62. The molecule has 8 rings (SSSR count). The number of carbonyl (C=O) groups is 4. The lowest BCUT2D eigenvalue weighted by Gasteiger charge is -2.28. The second-order valence-electron chi connectivity index (χ2n) is 16.6. The Morgan fingerprint density at radius 1 is 0.621 bits per heavy atom. The molecule has 2 heterocycles. The summed E-state index contributed by atoms with van der Waals surface area (Å²) < 4.78 is 13.3. The monoisotopic (exact) mass is 1020 g/mol. The third-order valence-corrected chi connectivity index (χ3v) is 13.4. The van der Waals surface area contributed by atoms with E-state index in [2.05, 4.69) is 42.5 Å². The predicted molar refractivity (Wildman–Crippen MR) is 269 cm³/mol. The Morgan fingerprint density at radius 3 is 1.39 bits per heavy atom. The highest BCUT2D eigenvalue weighted by molar-refractivity contribution is 9.10. The lowest BCUT2D eigenvalue weighted by molar-refractivity contribution is -0.128. The van der Waals surface area contributed by atoms with Crippen LogP contribution in [0.5, 0.6) is 11.5 Å². The van der Waals surface area contributed by atoms with E-state index in [9.17, 15) is 19.2 Å². The maximum Gasteiger partial charge on any atom is 0.249 e. The van der Waals surface area contributed by atoms with Crippen LogP contribution in [0.3, 0.4) is 0 Å². The summed E-state index contributed by atoms with van der Waals surface area (Å²) in [5.74, 6) is 0.546. The van der Waals surface area contributed by atoms with Crippen molar-refractivity contribution in [3.05, 3.63) is 140 Å². The van der Waals surface area contributed by atoms with Crippen molar-refractivity contribution in [2.45, 2.75) is 89.6 Å². The molecule has 0 saturated heterocycles. The zero-order chi connectivity index (χ0) is 47.1. The van der Waals surface area contributed by atoms with Crippen LogP contribution < -0.4 is 41.4 Å². The number of benzene rings is 6. The normalized spacial score (nSPS) is 16.8. The Hall–Kier alpha value is -5.80. The summed E-state index contributed by atoms with van der Waals surface area (Å²) in [6.45, 7) is 4.35. The molecule has 6 aromatic rings. The molecule has 0 aliphatic carbocycles. The number of nitrogens with two attached hydrogens (primary N) is 2. The van der Waals surface area contributed by atoms with E-state index < -0.39 is 24.2 Å². The molecule has 0 fully saturated rings. The first-order valence-corrected chi connectivity index (χ1v) is 23.8. The van der Waals surface area contributed by atoms with E-state index in [4.69, 9.17) is 20.9 Å². The number of halogens is 2. The minimum absolute atomic E-state index is 0.146. The van der Waals surface area contributed by atoms with Gasteiger partial charge in [-0.3, -0.25) is 19.2 Å². The van der Waals surface area contributed by atoms with Crippen molar-refractivity contribution in [1.82, 2.24) is 10.6 Å². The van der Waals surface area contributed by atoms with Gasteiger partial charge in [-0.1, -0.05) is 106 Å². The largest absolute Gasteiger partial charge is 0.496 e. The Kier molecular flexibility index (Phi) is 15.8. The maximum atomic E-state index is 13.8. The van der Waals surface area contributed by atoms with Crippen molar-refractivity contribution in [2.75, 3.05) is 24.0 Å². The fourth-order valence-electron chi connectivity index (χ4n) is 8.67. The molecule has 0 bridgehead atoms. The number of carbonyl (C=O) groups excluding carboxylic acids is 4. The Morgan fingerprint density at radius 2 is 1.02 bits per heavy atom. The second kappa shape index (κ2) is 21.7. The molecular formula is C52H56Br2N6O6. The van der Waals surface area contributed by atoms with Gasteiger partial charge in [-0.25, -0.2) is 0 Å². The minimum Gasteiger partial charge on any atom is -0.496 e. The highest BCUT2D eigenvalue weighted by atomic mass is 79.9. The van der Waals surface area contributed by atoms with Gasteiger partial charge in [0.05, 0.1) is 39.4 Å². The number of methoxy groups -OCH3 is 2. The lowest BCUT2D eigenvalue weighted by Crippen LogP contribution is -2.52. The van der Waals surface area contributed by atoms with E-state index in [0.29, 0.717) is 63.1 Å². The standard InChI is InChI=1S/2C26H28BrN3O3/c2*1-3-21(28)25(31)29-22-12-8-16-6-4-5-7-23(16)30(26(22)32)15-20-19-11-10-18(27)14-17(19)9-13-24(20)33-2/h2*4-7,9-11,13-14,21-22H,3,8,12,15,28H2,1-2H3,(H,29,31)/t21-,22+;21-,22-/m00/s1. The second-order valence-corrected chi connectivity index (χ2v) is 18.4. The molecule has 6 N–H and O–H groups in total. The topological polar surface area (TPSA) is 169 Å². The van der Waals surface area contributed by atoms with Crippen LogP contribution in [-0.4, -0.2) is 62.0 Å². The number of hydrogen-bond donors (Lipinski definition) is 4. The molecule has 2 aliphatic rings. The molecule has 4 amide bonds. The maximum absolute atomic E-state index is 13.8. The zero-order valence-corrected chi connectivity index (χ0v) is 40.8. The summed E-state index contributed by atoms with van der Waals surface area (Å²) in [6, 6.07) is 33.3. The van der Waals surface area contributed by atoms with Crippen LogP contribution >= 0.6 is 31.9 Å². The molecule has 4 atom stereocenters. The highest BCUT2D eigenvalue weighted by Gasteiger charge is 2.35. The van der Waals surface area contributed by atoms with Crippen molar-refractivity contribution in [3.8, 4) is 11.5 Å². The molecule has 0 radical (unpaired) electrons. The number of nitrogens with one attached hydrogen (secondary N) is 2. The van der Waals surface area contributed by atoms with E-state index in [0.717, 1.165) is 64.1 Å². The van der Waals surface area contributed by atoms with Crippen LogP contribution in [0.1, 0.15) is 61.8 Å². The van der Waals surface area contributed by atoms with Gasteiger partial charge in [0.15, 0.2) is 0 Å². The van der Waals surface area contributed by atoms with Gasteiger partial charge >= 0.3 is 0 Å². The fraction of sp³-hybridized carbons (Fsp3) is 0.308. The summed E-state index contributed by atoms with van der Waals surface area (Å²) in [6.07, 6.45) is 3.44. The molecule has 0 aromatic heterocycles. The van der Waals surface area contributed by atoms with Crippen LogP contribution in [-0.2, 0) is 45.1 Å². The fourth-order valence-corrected chi connectivity index (χ4v) is 9.43. The van der Waals surface area contributed by atoms with Crippen LogP contribution in [0.4, 0.5) is 11.4 Å². The zero-order valence-electron chi connectivity index (χ0n) is 37.6. The number of aryl methyl sites for hydroxylation is 2. The average Bonchev–Trinajstić information content (AvgIpc) is 3.54. The SMILES string of the molecule is CC[C@H](N)C(=O)N[C@@H]1CCc2ccccc2N(Cc2c(OC)ccc3cc(Br)ccc23)C1=O.CC[C@H](N)C(=O)N[C@H]1CCc2ccccc2N(Cc2c(OC)ccc3cc(Br)ccc23)C1=O. The molecule has 344 valence electrons. The first kappa shape index (κ1) is 48.1. The quantitative estimate of drug-likeness (QED) is 0.0945. The van der Waals surface area contributed by atoms with Crippen molar-refractivity contribution in [3.63, 3.8) is 0 Å². The van der Waals surface area contributed by atoms with Gasteiger partial charge in [-0.05, 0) is 120 Å². The van der Waals surface area contributed by atoms with Crippen molar-refractivity contribution < 1.29 is 28.7 Å². The van der Waals surface area contributed by atoms with Gasteiger partial charge in [0.25, 0.3) is 0 Å². The Labute approximate surface area is 402 Å². The molecule has 0 spiro atoms. The number of amides is 4. The number of hydrogen-bond acceptors (Lipinski definition) is 8. The number of para-hydroxylation sites is 2. The molecule has 6 aromatic carbocycles. The summed E-state index contributed by atoms with van der Waals surface area (Å²) in [7, 11) is 3.27. The number of nitrogens with zero attached hydrogens (tertiary/aromatic N) is 2. The van der Waals surface area contributed by atoms with Gasteiger partial charge < -0.3 is 41.4 Å². The smallest absolute Gasteiger partial charge is 0.249 e. The lowest BCUT2D eigenvalue weighted by atomic mass is 10.0. The summed E-state index contributed by atoms with van der Waals surface area (Å²) in [5.41, 5.74) is 17.5. The average molecular weight is 1020 g/mol. The molecule has 2 aliphatic heterocycles. The number of fused-ring (bicyclic) bond motifs is 4. The summed E-state index contributed by atoms with van der Waals surface area (Å²) in [4.78, 5) is 56.1. The van der Waals surface area contributed by atoms with Crippen molar-refractivity contribution in [2.24, 2.45) is 11.5 Å². The van der Waals surface area contributed by atoms with E-state index >= 15 is 0 Å². The molecule has 0 saturated carbocycles. The Balaban J connectivity index is 0.000000196. The molecular weight excluding hydrogens is 964 g/mol. The molecule has 66 heavy (non-hydrogen) atoms. The number of ether oxygens (including phenoxy) is 2. The highest BCUT2D eigenvalue weighted by Crippen LogP contribution is 2.37. The van der Waals surface area contributed by atoms with Gasteiger partial charge in [-0.2, -0.15) is 0 Å². The van der Waals surface area contributed by atoms with E-state index in [1.54, 1.807) is 24.0 Å². The number of rotatable bonds is 12. The third-order valence-electron chi connectivity index (χ3n) is 12.5. The first-order chi connectivity index (χ1) is 31.8. The van der Waals surface area contributed by atoms with Crippen LogP contribution in [0.15, 0.2) is 118 Å². The third kappa shape index (κ3) is 10.6. The van der Waals surface area contributed by atoms with Crippen LogP contribution in [0.2, 0.25) is 0 Å². The minimum atomic E-state index is -0.641. The van der Waals surface area contributed by atoms with Gasteiger partial charge in [0.1, 0.15) is 23.6 Å². The Bertz CT molecular complexity index is 2580. The summed E-state index contributed by atoms with van der Waals surface area (Å²) >= 11 is 7.07. The van der Waals surface area contributed by atoms with Crippen molar-refractivity contribution in [1.29, 1.82) is 0 Å². The molecule has 14 heteroatoms. The van der Waals surface area contributed by atoms with Crippen LogP contribution in [0.25, 0.3) is 21.5 Å². The van der Waals surface area contributed by atoms with E-state index in [-0.39, 0.29) is 23.6 Å². The first-order valence-electron chi connectivity index (χ1n) is 22.3. The molecule has 0 unspecified atom stereocenters. The summed E-state index contributed by atoms with van der Waals surface area (Å²) in [5, 5.41) is 9.91. The van der Waals surface area contributed by atoms with E-state index in [1.165, 1.54) is 0 Å². The van der Waals surface area contributed by atoms with Crippen molar-refractivity contribution >= 4 is 88.4 Å². The van der Waals surface area contributed by atoms with Gasteiger partial charge in [0.2, 0.25) is 23.6 Å². The van der Waals surface area contributed by atoms with Gasteiger partial charge in [0, 0.05) is 31.4 Å². The number of anilines is 2. The van der Waals surface area contributed by atoms with E-state index in [1.807, 2.05) is 123 Å².